The highest BCUT2D eigenvalue weighted by molar-refractivity contribution is 5.97. The van der Waals surface area contributed by atoms with Crippen LogP contribution in [0.5, 0.6) is 0 Å². The van der Waals surface area contributed by atoms with Gasteiger partial charge in [-0.2, -0.15) is 0 Å². The van der Waals surface area contributed by atoms with Gasteiger partial charge in [0.15, 0.2) is 5.78 Å². The zero-order chi connectivity index (χ0) is 23.9. The van der Waals surface area contributed by atoms with E-state index in [0.717, 1.165) is 0 Å². The maximum atomic E-state index is 12.6. The molecule has 11 nitrogen and oxygen atoms in total. The first kappa shape index (κ1) is 25.5. The molecular formula is C21H32N4O7. The second-order valence-electron chi connectivity index (χ2n) is 8.54. The standard InChI is InChI=1S/C21H32N4O7/c1-12(2)6-15(19(28)21(4)11-31-21)23-18(27)9-22-20(29)16(10-30-5)24-17(26)8-14-7-13(3)25-32-14/h7,12,15-16H,6,8-11H2,1-5H3,(H,22,29)(H,23,27)(H,24,26)/t15-,16-,21+/m0/s1. The minimum Gasteiger partial charge on any atom is -0.382 e. The van der Waals surface area contributed by atoms with Crippen LogP contribution in [0.2, 0.25) is 0 Å². The molecule has 0 saturated carbocycles. The van der Waals surface area contributed by atoms with Crippen LogP contribution in [0.4, 0.5) is 0 Å². The quantitative estimate of drug-likeness (QED) is 0.344. The molecule has 1 saturated heterocycles. The van der Waals surface area contributed by atoms with Gasteiger partial charge in [0, 0.05) is 13.2 Å². The molecule has 0 aliphatic carbocycles. The zero-order valence-electron chi connectivity index (χ0n) is 19.1. The van der Waals surface area contributed by atoms with Crippen molar-refractivity contribution in [2.45, 2.75) is 58.2 Å². The van der Waals surface area contributed by atoms with Gasteiger partial charge in [0.2, 0.25) is 17.7 Å². The number of methoxy groups -OCH3 is 1. The molecule has 1 aromatic rings. The summed E-state index contributed by atoms with van der Waals surface area (Å²) >= 11 is 0. The number of nitrogens with one attached hydrogen (secondary N) is 3. The SMILES string of the molecule is COC[C@H](NC(=O)Cc1cc(C)no1)C(=O)NCC(=O)N[C@@H](CC(C)C)C(=O)[C@@]1(C)CO1. The average Bonchev–Trinajstić information content (AvgIpc) is 3.34. The molecule has 0 spiro atoms. The highest BCUT2D eigenvalue weighted by Gasteiger charge is 2.50. The van der Waals surface area contributed by atoms with Crippen LogP contribution in [0.1, 0.15) is 38.6 Å². The van der Waals surface area contributed by atoms with Crippen molar-refractivity contribution in [2.75, 3.05) is 26.9 Å². The van der Waals surface area contributed by atoms with Gasteiger partial charge < -0.3 is 29.9 Å². The van der Waals surface area contributed by atoms with E-state index < -0.39 is 35.4 Å². The van der Waals surface area contributed by atoms with Crippen molar-refractivity contribution in [2.24, 2.45) is 5.92 Å². The molecule has 2 rings (SSSR count). The minimum atomic E-state index is -1.00. The van der Waals surface area contributed by atoms with Gasteiger partial charge in [-0.3, -0.25) is 19.2 Å². The number of aryl methyl sites for hydroxylation is 1. The van der Waals surface area contributed by atoms with Gasteiger partial charge in [-0.05, 0) is 26.2 Å². The van der Waals surface area contributed by atoms with E-state index in [0.29, 0.717) is 24.5 Å². The number of ether oxygens (including phenoxy) is 2. The summed E-state index contributed by atoms with van der Waals surface area (Å²) in [4.78, 5) is 49.7. The second kappa shape index (κ2) is 11.2. The van der Waals surface area contributed by atoms with Crippen LogP contribution >= 0.6 is 0 Å². The molecule has 3 amide bonds. The van der Waals surface area contributed by atoms with Crippen molar-refractivity contribution >= 4 is 23.5 Å². The molecule has 178 valence electrons. The molecule has 32 heavy (non-hydrogen) atoms. The molecular weight excluding hydrogens is 420 g/mol. The zero-order valence-corrected chi connectivity index (χ0v) is 19.1. The van der Waals surface area contributed by atoms with Crippen molar-refractivity contribution in [1.29, 1.82) is 0 Å². The fraction of sp³-hybridized carbons (Fsp3) is 0.667. The molecule has 0 aromatic carbocycles. The summed E-state index contributed by atoms with van der Waals surface area (Å²) in [6.45, 7) is 7.21. The van der Waals surface area contributed by atoms with Gasteiger partial charge in [0.25, 0.3) is 0 Å². The lowest BCUT2D eigenvalue weighted by molar-refractivity contribution is -0.133. The molecule has 2 heterocycles. The molecule has 0 radical (unpaired) electrons. The number of amides is 3. The van der Waals surface area contributed by atoms with E-state index in [-0.39, 0.29) is 31.3 Å². The van der Waals surface area contributed by atoms with Gasteiger partial charge in [-0.25, -0.2) is 0 Å². The Bertz CT molecular complexity index is 832. The maximum absolute atomic E-state index is 12.6. The van der Waals surface area contributed by atoms with Gasteiger partial charge in [0.05, 0.1) is 37.9 Å². The van der Waals surface area contributed by atoms with Crippen molar-refractivity contribution < 1.29 is 33.2 Å². The normalized spacial score (nSPS) is 19.2. The van der Waals surface area contributed by atoms with Crippen LogP contribution in [-0.4, -0.2) is 73.2 Å². The molecule has 3 N–H and O–H groups in total. The first-order chi connectivity index (χ1) is 15.0. The first-order valence-corrected chi connectivity index (χ1v) is 10.5. The van der Waals surface area contributed by atoms with Crippen LogP contribution < -0.4 is 16.0 Å². The number of rotatable bonds is 13. The van der Waals surface area contributed by atoms with Crippen LogP contribution in [0.15, 0.2) is 10.6 Å². The number of aromatic nitrogens is 1. The summed E-state index contributed by atoms with van der Waals surface area (Å²) in [5.74, 6) is -1.20. The Kier molecular flexibility index (Phi) is 8.90. The van der Waals surface area contributed by atoms with E-state index in [1.54, 1.807) is 19.9 Å². The van der Waals surface area contributed by atoms with Gasteiger partial charge in [0.1, 0.15) is 17.4 Å². The Morgan fingerprint density at radius 3 is 2.38 bits per heavy atom. The third-order valence-electron chi connectivity index (χ3n) is 4.88. The van der Waals surface area contributed by atoms with Gasteiger partial charge in [-0.15, -0.1) is 0 Å². The van der Waals surface area contributed by atoms with Crippen LogP contribution in [0.25, 0.3) is 0 Å². The Labute approximate surface area is 186 Å². The van der Waals surface area contributed by atoms with Crippen molar-refractivity contribution in [3.63, 3.8) is 0 Å². The minimum absolute atomic E-state index is 0.0845. The monoisotopic (exact) mass is 452 g/mol. The number of epoxide rings is 1. The fourth-order valence-corrected chi connectivity index (χ4v) is 3.11. The summed E-state index contributed by atoms with van der Waals surface area (Å²) in [5.41, 5.74) is -0.215. The fourth-order valence-electron chi connectivity index (χ4n) is 3.11. The van der Waals surface area contributed by atoms with E-state index >= 15 is 0 Å². The predicted molar refractivity (Wildman–Crippen MR) is 113 cm³/mol. The number of ketones is 1. The number of nitrogens with zero attached hydrogens (tertiary/aromatic N) is 1. The summed E-state index contributed by atoms with van der Waals surface area (Å²) in [5, 5.41) is 11.4. The van der Waals surface area contributed by atoms with Crippen molar-refractivity contribution in [3.8, 4) is 0 Å². The highest BCUT2D eigenvalue weighted by atomic mass is 16.6. The average molecular weight is 453 g/mol. The van der Waals surface area contributed by atoms with Gasteiger partial charge >= 0.3 is 0 Å². The summed E-state index contributed by atoms with van der Waals surface area (Å²) in [6.07, 6.45) is 0.371. The van der Waals surface area contributed by atoms with Crippen molar-refractivity contribution in [1.82, 2.24) is 21.1 Å². The van der Waals surface area contributed by atoms with E-state index in [2.05, 4.69) is 21.1 Å². The van der Waals surface area contributed by atoms with Crippen molar-refractivity contribution in [3.05, 3.63) is 17.5 Å². The summed E-state index contributed by atoms with van der Waals surface area (Å²) in [7, 11) is 1.39. The molecule has 1 aliphatic heterocycles. The highest BCUT2D eigenvalue weighted by Crippen LogP contribution is 2.29. The van der Waals surface area contributed by atoms with E-state index in [1.807, 2.05) is 13.8 Å². The van der Waals surface area contributed by atoms with Crippen LogP contribution in [0, 0.1) is 12.8 Å². The molecule has 0 unspecified atom stereocenters. The maximum Gasteiger partial charge on any atom is 0.245 e. The number of Topliss-reactive ketones (excluding diaryl/α,β-unsaturated/α-hetero) is 1. The molecule has 1 aromatic heterocycles. The Balaban J connectivity index is 1.86. The molecule has 11 heteroatoms. The molecule has 0 bridgehead atoms. The molecule has 1 fully saturated rings. The topological polar surface area (TPSA) is 152 Å². The van der Waals surface area contributed by atoms with E-state index in [1.165, 1.54) is 7.11 Å². The van der Waals surface area contributed by atoms with Crippen LogP contribution in [-0.2, 0) is 35.1 Å². The largest absolute Gasteiger partial charge is 0.382 e. The van der Waals surface area contributed by atoms with Crippen LogP contribution in [0.3, 0.4) is 0 Å². The predicted octanol–water partition coefficient (Wildman–Crippen LogP) is -0.338. The number of hydrogen-bond donors (Lipinski definition) is 3. The molecule has 1 aliphatic rings. The molecule has 3 atom stereocenters. The third-order valence-corrected chi connectivity index (χ3v) is 4.88. The second-order valence-corrected chi connectivity index (χ2v) is 8.54. The van der Waals surface area contributed by atoms with Gasteiger partial charge in [-0.1, -0.05) is 19.0 Å². The Morgan fingerprint density at radius 1 is 1.19 bits per heavy atom. The lowest BCUT2D eigenvalue weighted by Gasteiger charge is -2.22. The number of carbonyl (C=O) groups excluding carboxylic acids is 4. The summed E-state index contributed by atoms with van der Waals surface area (Å²) in [6, 6.07) is -0.0833. The Morgan fingerprint density at radius 2 is 1.84 bits per heavy atom. The number of hydrogen-bond acceptors (Lipinski definition) is 8. The lowest BCUT2D eigenvalue weighted by Crippen LogP contribution is -2.53. The number of carbonyl (C=O) groups is 4. The van der Waals surface area contributed by atoms with E-state index in [4.69, 9.17) is 14.0 Å². The Hall–Kier alpha value is -2.79. The lowest BCUT2D eigenvalue weighted by atomic mass is 9.93. The third kappa shape index (κ3) is 7.72. The summed E-state index contributed by atoms with van der Waals surface area (Å²) < 4.78 is 15.2. The first-order valence-electron chi connectivity index (χ1n) is 10.5. The smallest absolute Gasteiger partial charge is 0.245 e. The van der Waals surface area contributed by atoms with E-state index in [9.17, 15) is 19.2 Å².